The van der Waals surface area contributed by atoms with Crippen molar-refractivity contribution in [3.8, 4) is 0 Å². The number of aliphatic hydroxyl groups is 1. The Labute approximate surface area is 94.6 Å². The number of amides is 2. The lowest BCUT2D eigenvalue weighted by molar-refractivity contribution is -0.138. The molecule has 1 saturated heterocycles. The third-order valence-corrected chi connectivity index (χ3v) is 2.89. The molecular formula is C10H19N3O3. The number of rotatable bonds is 3. The van der Waals surface area contributed by atoms with Gasteiger partial charge < -0.3 is 21.5 Å². The third kappa shape index (κ3) is 3.46. The number of carbonyl (C=O) groups is 2. The van der Waals surface area contributed by atoms with Crippen LogP contribution in [0.2, 0.25) is 0 Å². The molecule has 0 aromatic rings. The van der Waals surface area contributed by atoms with Crippen molar-refractivity contribution in [2.75, 3.05) is 13.1 Å². The van der Waals surface area contributed by atoms with E-state index in [1.165, 1.54) is 0 Å². The van der Waals surface area contributed by atoms with E-state index in [1.807, 2.05) is 0 Å². The first kappa shape index (κ1) is 12.9. The summed E-state index contributed by atoms with van der Waals surface area (Å²) in [5.41, 5.74) is 9.83. The topological polar surface area (TPSA) is 110 Å². The monoisotopic (exact) mass is 229 g/mol. The molecule has 1 heterocycles. The number of carbonyl (C=O) groups excluding carboxylic acids is 2. The van der Waals surface area contributed by atoms with E-state index >= 15 is 0 Å². The van der Waals surface area contributed by atoms with Crippen LogP contribution in [-0.4, -0.2) is 46.6 Å². The quantitative estimate of drug-likeness (QED) is 0.550. The minimum atomic E-state index is -0.861. The fourth-order valence-corrected chi connectivity index (χ4v) is 1.75. The van der Waals surface area contributed by atoms with Gasteiger partial charge in [-0.2, -0.15) is 0 Å². The first-order valence-corrected chi connectivity index (χ1v) is 5.37. The molecule has 0 bridgehead atoms. The van der Waals surface area contributed by atoms with Crippen molar-refractivity contribution in [3.63, 3.8) is 0 Å². The number of hydrogen-bond acceptors (Lipinski definition) is 4. The first-order valence-electron chi connectivity index (χ1n) is 5.37. The molecule has 0 spiro atoms. The van der Waals surface area contributed by atoms with Crippen LogP contribution in [0.3, 0.4) is 0 Å². The van der Waals surface area contributed by atoms with Gasteiger partial charge in [-0.25, -0.2) is 0 Å². The van der Waals surface area contributed by atoms with Gasteiger partial charge in [-0.3, -0.25) is 9.59 Å². The van der Waals surface area contributed by atoms with Crippen LogP contribution in [-0.2, 0) is 9.59 Å². The molecule has 1 fully saturated rings. The van der Waals surface area contributed by atoms with Gasteiger partial charge in [-0.1, -0.05) is 0 Å². The summed E-state index contributed by atoms with van der Waals surface area (Å²) in [6.07, 6.45) is 0.926. The molecule has 16 heavy (non-hydrogen) atoms. The lowest BCUT2D eigenvalue weighted by Gasteiger charge is -2.36. The van der Waals surface area contributed by atoms with Crippen LogP contribution in [0.15, 0.2) is 0 Å². The Bertz CT molecular complexity index is 281. The average Bonchev–Trinajstić information content (AvgIpc) is 2.15. The third-order valence-electron chi connectivity index (χ3n) is 2.89. The lowest BCUT2D eigenvalue weighted by Crippen LogP contribution is -2.51. The molecule has 6 nitrogen and oxygen atoms in total. The smallest absolute Gasteiger partial charge is 0.240 e. The summed E-state index contributed by atoms with van der Waals surface area (Å²) in [7, 11) is 0. The van der Waals surface area contributed by atoms with Gasteiger partial charge >= 0.3 is 0 Å². The second kappa shape index (κ2) is 4.80. The van der Waals surface area contributed by atoms with Gasteiger partial charge in [0.05, 0.1) is 18.1 Å². The predicted octanol–water partition coefficient (Wildman–Crippen LogP) is -1.44. The van der Waals surface area contributed by atoms with Crippen LogP contribution in [0.25, 0.3) is 0 Å². The maximum absolute atomic E-state index is 11.8. The van der Waals surface area contributed by atoms with Crippen molar-refractivity contribution in [2.45, 2.75) is 37.8 Å². The Balaban J connectivity index is 2.47. The van der Waals surface area contributed by atoms with Crippen LogP contribution >= 0.6 is 0 Å². The number of primary amides is 1. The van der Waals surface area contributed by atoms with E-state index in [1.54, 1.807) is 11.8 Å². The van der Waals surface area contributed by atoms with Crippen molar-refractivity contribution in [2.24, 2.45) is 11.5 Å². The Morgan fingerprint density at radius 1 is 1.44 bits per heavy atom. The highest BCUT2D eigenvalue weighted by Gasteiger charge is 2.31. The van der Waals surface area contributed by atoms with E-state index in [9.17, 15) is 14.7 Å². The van der Waals surface area contributed by atoms with E-state index in [0.29, 0.717) is 25.9 Å². The molecule has 1 atom stereocenters. The summed E-state index contributed by atoms with van der Waals surface area (Å²) < 4.78 is 0. The Hall–Kier alpha value is -1.14. The zero-order chi connectivity index (χ0) is 12.3. The average molecular weight is 229 g/mol. The van der Waals surface area contributed by atoms with Crippen molar-refractivity contribution >= 4 is 11.8 Å². The maximum Gasteiger partial charge on any atom is 0.240 e. The molecular weight excluding hydrogens is 210 g/mol. The Morgan fingerprint density at radius 2 is 1.94 bits per heavy atom. The number of nitrogens with two attached hydrogens (primary N) is 2. The highest BCUT2D eigenvalue weighted by molar-refractivity contribution is 5.87. The summed E-state index contributed by atoms with van der Waals surface area (Å²) in [6.45, 7) is 2.69. The predicted molar refractivity (Wildman–Crippen MR) is 58.2 cm³/mol. The standard InChI is InChI=1S/C10H19N3O3/c1-10(16)2-4-13(5-3-10)9(15)7(11)6-8(12)14/h7,16H,2-6,11H2,1H3,(H2,12,14). The van der Waals surface area contributed by atoms with Gasteiger partial charge in [0.15, 0.2) is 0 Å². The number of likely N-dealkylation sites (tertiary alicyclic amines) is 1. The number of nitrogens with zero attached hydrogens (tertiary/aromatic N) is 1. The van der Waals surface area contributed by atoms with Crippen molar-refractivity contribution in [1.82, 2.24) is 4.90 Å². The van der Waals surface area contributed by atoms with Crippen molar-refractivity contribution in [3.05, 3.63) is 0 Å². The van der Waals surface area contributed by atoms with Gasteiger partial charge in [0.1, 0.15) is 0 Å². The molecule has 0 saturated carbocycles. The lowest BCUT2D eigenvalue weighted by atomic mass is 9.93. The van der Waals surface area contributed by atoms with Crippen LogP contribution < -0.4 is 11.5 Å². The SMILES string of the molecule is CC1(O)CCN(C(=O)C(N)CC(N)=O)CC1. The fourth-order valence-electron chi connectivity index (χ4n) is 1.75. The maximum atomic E-state index is 11.8. The molecule has 1 unspecified atom stereocenters. The molecule has 0 aliphatic carbocycles. The number of piperidine rings is 1. The Morgan fingerprint density at radius 3 is 2.38 bits per heavy atom. The normalized spacial score (nSPS) is 21.6. The molecule has 1 aliphatic rings. The van der Waals surface area contributed by atoms with Gasteiger partial charge in [-0.15, -0.1) is 0 Å². The van der Waals surface area contributed by atoms with E-state index in [4.69, 9.17) is 11.5 Å². The summed E-state index contributed by atoms with van der Waals surface area (Å²) in [4.78, 5) is 24.0. The highest BCUT2D eigenvalue weighted by atomic mass is 16.3. The molecule has 2 amide bonds. The van der Waals surface area contributed by atoms with Crippen LogP contribution in [0.5, 0.6) is 0 Å². The number of hydrogen-bond donors (Lipinski definition) is 3. The Kier molecular flexibility index (Phi) is 3.88. The molecule has 6 heteroatoms. The summed E-state index contributed by atoms with van der Waals surface area (Å²) in [6, 6.07) is -0.861. The zero-order valence-electron chi connectivity index (χ0n) is 9.48. The second-order valence-corrected chi connectivity index (χ2v) is 4.60. The fraction of sp³-hybridized carbons (Fsp3) is 0.800. The summed E-state index contributed by atoms with van der Waals surface area (Å²) in [5.74, 6) is -0.848. The van der Waals surface area contributed by atoms with Gasteiger partial charge in [-0.05, 0) is 19.8 Å². The van der Waals surface area contributed by atoms with E-state index in [2.05, 4.69) is 0 Å². The molecule has 1 rings (SSSR count). The van der Waals surface area contributed by atoms with Crippen LogP contribution in [0.1, 0.15) is 26.2 Å². The van der Waals surface area contributed by atoms with Gasteiger partial charge in [0, 0.05) is 13.1 Å². The van der Waals surface area contributed by atoms with Crippen molar-refractivity contribution < 1.29 is 14.7 Å². The van der Waals surface area contributed by atoms with Gasteiger partial charge in [0.25, 0.3) is 0 Å². The summed E-state index contributed by atoms with van der Waals surface area (Å²) in [5, 5.41) is 9.71. The minimum Gasteiger partial charge on any atom is -0.390 e. The van der Waals surface area contributed by atoms with Crippen LogP contribution in [0.4, 0.5) is 0 Å². The molecule has 0 aromatic heterocycles. The second-order valence-electron chi connectivity index (χ2n) is 4.60. The van der Waals surface area contributed by atoms with E-state index < -0.39 is 17.6 Å². The van der Waals surface area contributed by atoms with Crippen LogP contribution in [0, 0.1) is 0 Å². The molecule has 92 valence electrons. The highest BCUT2D eigenvalue weighted by Crippen LogP contribution is 2.21. The summed E-state index contributed by atoms with van der Waals surface area (Å²) >= 11 is 0. The molecule has 0 aromatic carbocycles. The minimum absolute atomic E-state index is 0.133. The first-order chi connectivity index (χ1) is 7.32. The largest absolute Gasteiger partial charge is 0.390 e. The zero-order valence-corrected chi connectivity index (χ0v) is 9.48. The van der Waals surface area contributed by atoms with E-state index in [-0.39, 0.29) is 12.3 Å². The molecule has 1 aliphatic heterocycles. The molecule has 5 N–H and O–H groups in total. The molecule has 0 radical (unpaired) electrons. The van der Waals surface area contributed by atoms with Gasteiger partial charge in [0.2, 0.25) is 11.8 Å². The van der Waals surface area contributed by atoms with E-state index in [0.717, 1.165) is 0 Å². The van der Waals surface area contributed by atoms with Crippen molar-refractivity contribution in [1.29, 1.82) is 0 Å².